The highest BCUT2D eigenvalue weighted by Crippen LogP contribution is 2.04. The molecule has 0 fully saturated rings. The van der Waals surface area contributed by atoms with E-state index < -0.39 is 11.7 Å². The highest BCUT2D eigenvalue weighted by atomic mass is 19.1. The Balaban J connectivity index is 1.97. The number of nitrogens with one attached hydrogen (secondary N) is 1. The Morgan fingerprint density at radius 1 is 1.56 bits per heavy atom. The Morgan fingerprint density at radius 3 is 3.06 bits per heavy atom. The van der Waals surface area contributed by atoms with Crippen molar-refractivity contribution in [3.63, 3.8) is 0 Å². The third-order valence-corrected chi connectivity index (χ3v) is 2.41. The second-order valence-corrected chi connectivity index (χ2v) is 3.96. The molecule has 1 atom stereocenters. The Morgan fingerprint density at radius 2 is 2.39 bits per heavy atom. The fraction of sp³-hybridized carbons (Fsp3) is 0.250. The van der Waals surface area contributed by atoms with Crippen molar-refractivity contribution >= 4 is 5.91 Å². The second-order valence-electron chi connectivity index (χ2n) is 3.96. The van der Waals surface area contributed by atoms with Crippen LogP contribution in [-0.2, 0) is 6.54 Å². The summed E-state index contributed by atoms with van der Waals surface area (Å²) >= 11 is 0. The molecular formula is C12H13FN4O. The van der Waals surface area contributed by atoms with Crippen LogP contribution in [0.1, 0.15) is 17.3 Å². The SMILES string of the molecule is CC(Cn1cccn1)NC(=O)c1ccncc1F. The predicted molar refractivity (Wildman–Crippen MR) is 63.4 cm³/mol. The number of carbonyl (C=O) groups excluding carboxylic acids is 1. The summed E-state index contributed by atoms with van der Waals surface area (Å²) in [6, 6.07) is 3.01. The molecule has 5 nitrogen and oxygen atoms in total. The molecule has 94 valence electrons. The minimum Gasteiger partial charge on any atom is -0.348 e. The summed E-state index contributed by atoms with van der Waals surface area (Å²) in [6.07, 6.45) is 5.87. The van der Waals surface area contributed by atoms with E-state index in [0.29, 0.717) is 6.54 Å². The van der Waals surface area contributed by atoms with Crippen molar-refractivity contribution in [1.82, 2.24) is 20.1 Å². The van der Waals surface area contributed by atoms with Crippen LogP contribution in [0.4, 0.5) is 4.39 Å². The molecule has 2 rings (SSSR count). The first kappa shape index (κ1) is 12.2. The van der Waals surface area contributed by atoms with E-state index in [1.54, 1.807) is 23.1 Å². The maximum atomic E-state index is 13.3. The first-order valence-corrected chi connectivity index (χ1v) is 5.54. The van der Waals surface area contributed by atoms with Crippen molar-refractivity contribution in [2.24, 2.45) is 0 Å². The van der Waals surface area contributed by atoms with Gasteiger partial charge < -0.3 is 5.32 Å². The van der Waals surface area contributed by atoms with Crippen molar-refractivity contribution in [3.05, 3.63) is 48.3 Å². The van der Waals surface area contributed by atoms with Gasteiger partial charge in [-0.05, 0) is 19.1 Å². The molecule has 18 heavy (non-hydrogen) atoms. The zero-order valence-corrected chi connectivity index (χ0v) is 9.88. The topological polar surface area (TPSA) is 59.8 Å². The summed E-state index contributed by atoms with van der Waals surface area (Å²) in [4.78, 5) is 15.4. The van der Waals surface area contributed by atoms with E-state index in [0.717, 1.165) is 6.20 Å². The quantitative estimate of drug-likeness (QED) is 0.885. The van der Waals surface area contributed by atoms with Gasteiger partial charge in [0.25, 0.3) is 5.91 Å². The third kappa shape index (κ3) is 2.91. The van der Waals surface area contributed by atoms with Gasteiger partial charge in [0.1, 0.15) is 0 Å². The lowest BCUT2D eigenvalue weighted by atomic mass is 10.2. The highest BCUT2D eigenvalue weighted by molar-refractivity contribution is 5.94. The molecule has 0 radical (unpaired) electrons. The van der Waals surface area contributed by atoms with Gasteiger partial charge in [0, 0.05) is 24.6 Å². The highest BCUT2D eigenvalue weighted by Gasteiger charge is 2.14. The summed E-state index contributed by atoms with van der Waals surface area (Å²) < 4.78 is 15.0. The molecular weight excluding hydrogens is 235 g/mol. The van der Waals surface area contributed by atoms with Crippen LogP contribution in [0.15, 0.2) is 36.9 Å². The third-order valence-electron chi connectivity index (χ3n) is 2.41. The van der Waals surface area contributed by atoms with Gasteiger partial charge >= 0.3 is 0 Å². The monoisotopic (exact) mass is 248 g/mol. The number of rotatable bonds is 4. The van der Waals surface area contributed by atoms with Gasteiger partial charge in [-0.1, -0.05) is 0 Å². The summed E-state index contributed by atoms with van der Waals surface area (Å²) in [6.45, 7) is 2.37. The number of nitrogens with zero attached hydrogens (tertiary/aromatic N) is 3. The van der Waals surface area contributed by atoms with Crippen LogP contribution in [0, 0.1) is 5.82 Å². The van der Waals surface area contributed by atoms with Crippen LogP contribution in [0.25, 0.3) is 0 Å². The van der Waals surface area contributed by atoms with Gasteiger partial charge in [-0.15, -0.1) is 0 Å². The standard InChI is InChI=1S/C12H13FN4O/c1-9(8-17-6-2-4-15-17)16-12(18)10-3-5-14-7-11(10)13/h2-7,9H,8H2,1H3,(H,16,18). The molecule has 0 saturated carbocycles. The molecule has 0 aliphatic rings. The van der Waals surface area contributed by atoms with E-state index in [1.165, 1.54) is 12.3 Å². The molecule has 1 unspecified atom stereocenters. The summed E-state index contributed by atoms with van der Waals surface area (Å²) in [5.74, 6) is -1.07. The lowest BCUT2D eigenvalue weighted by molar-refractivity contribution is 0.0931. The van der Waals surface area contributed by atoms with Crippen molar-refractivity contribution in [1.29, 1.82) is 0 Å². The summed E-state index contributed by atoms with van der Waals surface area (Å²) in [5, 5.41) is 6.74. The molecule has 2 heterocycles. The lowest BCUT2D eigenvalue weighted by Crippen LogP contribution is -2.36. The molecule has 2 aromatic heterocycles. The number of amides is 1. The van der Waals surface area contributed by atoms with Crippen LogP contribution >= 0.6 is 0 Å². The zero-order valence-electron chi connectivity index (χ0n) is 9.88. The van der Waals surface area contributed by atoms with E-state index in [2.05, 4.69) is 15.4 Å². The van der Waals surface area contributed by atoms with Gasteiger partial charge in [0.15, 0.2) is 5.82 Å². The number of aromatic nitrogens is 3. The number of halogens is 1. The number of hydrogen-bond donors (Lipinski definition) is 1. The first-order valence-electron chi connectivity index (χ1n) is 5.54. The number of pyridine rings is 1. The Kier molecular flexibility index (Phi) is 3.66. The number of carbonyl (C=O) groups is 1. The zero-order chi connectivity index (χ0) is 13.0. The Bertz CT molecular complexity index is 527. The van der Waals surface area contributed by atoms with Crippen molar-refractivity contribution in [3.8, 4) is 0 Å². The molecule has 6 heteroatoms. The van der Waals surface area contributed by atoms with Crippen LogP contribution in [0.2, 0.25) is 0 Å². The molecule has 0 spiro atoms. The Labute approximate surface area is 104 Å². The van der Waals surface area contributed by atoms with Crippen molar-refractivity contribution in [2.45, 2.75) is 19.5 Å². The second kappa shape index (κ2) is 5.39. The first-order chi connectivity index (χ1) is 8.66. The minimum absolute atomic E-state index is 0.00249. The van der Waals surface area contributed by atoms with Crippen LogP contribution in [0.3, 0.4) is 0 Å². The average Bonchev–Trinajstić information content (AvgIpc) is 2.82. The Hall–Kier alpha value is -2.24. The van der Waals surface area contributed by atoms with Gasteiger partial charge in [-0.3, -0.25) is 14.5 Å². The van der Waals surface area contributed by atoms with E-state index in [-0.39, 0.29) is 11.6 Å². The van der Waals surface area contributed by atoms with E-state index in [4.69, 9.17) is 0 Å². The maximum absolute atomic E-state index is 13.3. The molecule has 0 bridgehead atoms. The normalized spacial score (nSPS) is 12.1. The molecule has 0 aliphatic heterocycles. The number of hydrogen-bond acceptors (Lipinski definition) is 3. The molecule has 0 aliphatic carbocycles. The molecule has 0 saturated heterocycles. The smallest absolute Gasteiger partial charge is 0.254 e. The fourth-order valence-electron chi connectivity index (χ4n) is 1.60. The van der Waals surface area contributed by atoms with Crippen LogP contribution in [0.5, 0.6) is 0 Å². The predicted octanol–water partition coefficient (Wildman–Crippen LogP) is 1.24. The van der Waals surface area contributed by atoms with Gasteiger partial charge in [-0.2, -0.15) is 5.10 Å². The van der Waals surface area contributed by atoms with E-state index in [9.17, 15) is 9.18 Å². The average molecular weight is 248 g/mol. The maximum Gasteiger partial charge on any atom is 0.254 e. The van der Waals surface area contributed by atoms with E-state index in [1.807, 2.05) is 6.92 Å². The van der Waals surface area contributed by atoms with E-state index >= 15 is 0 Å². The fourth-order valence-corrected chi connectivity index (χ4v) is 1.60. The minimum atomic E-state index is -0.624. The van der Waals surface area contributed by atoms with Gasteiger partial charge in [0.05, 0.1) is 18.3 Å². The molecule has 1 amide bonds. The molecule has 2 aromatic rings. The summed E-state index contributed by atoms with van der Waals surface area (Å²) in [7, 11) is 0. The van der Waals surface area contributed by atoms with Gasteiger partial charge in [-0.25, -0.2) is 4.39 Å². The largest absolute Gasteiger partial charge is 0.348 e. The van der Waals surface area contributed by atoms with Crippen molar-refractivity contribution < 1.29 is 9.18 Å². The van der Waals surface area contributed by atoms with Crippen molar-refractivity contribution in [2.75, 3.05) is 0 Å². The lowest BCUT2D eigenvalue weighted by Gasteiger charge is -2.14. The molecule has 0 aromatic carbocycles. The van der Waals surface area contributed by atoms with Gasteiger partial charge in [0.2, 0.25) is 0 Å². The molecule has 1 N–H and O–H groups in total. The van der Waals surface area contributed by atoms with Crippen LogP contribution in [-0.4, -0.2) is 26.7 Å². The summed E-state index contributed by atoms with van der Waals surface area (Å²) in [5.41, 5.74) is -0.00249. The van der Waals surface area contributed by atoms with Crippen LogP contribution < -0.4 is 5.32 Å².